The lowest BCUT2D eigenvalue weighted by Crippen LogP contribution is -2.37. The summed E-state index contributed by atoms with van der Waals surface area (Å²) < 4.78 is 6.14. The molecular weight excluding hydrogens is 324 g/mol. The van der Waals surface area contributed by atoms with Crippen LogP contribution in [0.3, 0.4) is 0 Å². The third-order valence-electron chi connectivity index (χ3n) is 6.38. The van der Waals surface area contributed by atoms with Crippen molar-refractivity contribution in [2.45, 2.75) is 25.2 Å². The summed E-state index contributed by atoms with van der Waals surface area (Å²) in [6.45, 7) is 4.60. The van der Waals surface area contributed by atoms with Crippen LogP contribution in [0.4, 0.5) is 0 Å². The summed E-state index contributed by atoms with van der Waals surface area (Å²) in [5.41, 5.74) is 2.49. The van der Waals surface area contributed by atoms with Crippen LogP contribution in [0.5, 0.6) is 0 Å². The first-order chi connectivity index (χ1) is 12.7. The molecule has 0 aliphatic carbocycles. The van der Waals surface area contributed by atoms with Gasteiger partial charge in [-0.05, 0) is 18.1 Å². The van der Waals surface area contributed by atoms with Gasteiger partial charge in [0.05, 0.1) is 18.6 Å². The second-order valence-electron chi connectivity index (χ2n) is 7.71. The van der Waals surface area contributed by atoms with Gasteiger partial charge in [-0.15, -0.1) is 0 Å². The van der Waals surface area contributed by atoms with E-state index in [1.165, 1.54) is 11.1 Å². The standard InChI is InChI=1S/C22H24N2O2/c1-15(16-8-4-2-5-9-16)23-12-18-19(13-23)22-24(21(18)25)20(14-26-22)17-10-6-3-7-11-17/h2-11,15,18-20,22H,12-14H2,1H3/t15-,18+,19-,20+,22?/m0/s1. The molecule has 1 unspecified atom stereocenters. The third-order valence-corrected chi connectivity index (χ3v) is 6.38. The number of ether oxygens (including phenoxy) is 1. The first-order valence-electron chi connectivity index (χ1n) is 9.52. The maximum Gasteiger partial charge on any atom is 0.230 e. The van der Waals surface area contributed by atoms with Gasteiger partial charge >= 0.3 is 0 Å². The highest BCUT2D eigenvalue weighted by Gasteiger charge is 2.58. The lowest BCUT2D eigenvalue weighted by atomic mass is 9.99. The Hall–Kier alpha value is -2.17. The van der Waals surface area contributed by atoms with Crippen molar-refractivity contribution < 1.29 is 9.53 Å². The van der Waals surface area contributed by atoms with Gasteiger partial charge in [0, 0.05) is 25.0 Å². The molecule has 0 bridgehead atoms. The lowest BCUT2D eigenvalue weighted by molar-refractivity contribution is -0.134. The number of rotatable bonds is 3. The van der Waals surface area contributed by atoms with Crippen molar-refractivity contribution in [3.8, 4) is 0 Å². The van der Waals surface area contributed by atoms with Crippen LogP contribution in [0.25, 0.3) is 0 Å². The number of hydrogen-bond donors (Lipinski definition) is 0. The summed E-state index contributed by atoms with van der Waals surface area (Å²) in [5, 5.41) is 0. The summed E-state index contributed by atoms with van der Waals surface area (Å²) in [5.74, 6) is 0.620. The molecule has 134 valence electrons. The van der Waals surface area contributed by atoms with Crippen molar-refractivity contribution in [1.29, 1.82) is 0 Å². The molecule has 3 aliphatic rings. The molecule has 0 N–H and O–H groups in total. The van der Waals surface area contributed by atoms with E-state index in [9.17, 15) is 4.79 Å². The Kier molecular flexibility index (Phi) is 3.84. The zero-order chi connectivity index (χ0) is 17.7. The van der Waals surface area contributed by atoms with Gasteiger partial charge < -0.3 is 9.64 Å². The molecule has 5 atom stereocenters. The van der Waals surface area contributed by atoms with E-state index in [0.29, 0.717) is 12.6 Å². The number of benzene rings is 2. The monoisotopic (exact) mass is 348 g/mol. The summed E-state index contributed by atoms with van der Waals surface area (Å²) >= 11 is 0. The average Bonchev–Trinajstić information content (AvgIpc) is 3.37. The van der Waals surface area contributed by atoms with E-state index in [2.05, 4.69) is 48.2 Å². The van der Waals surface area contributed by atoms with E-state index in [4.69, 9.17) is 4.74 Å². The van der Waals surface area contributed by atoms with E-state index in [1.807, 2.05) is 29.2 Å². The lowest BCUT2D eigenvalue weighted by Gasteiger charge is -2.29. The van der Waals surface area contributed by atoms with Crippen LogP contribution in [-0.4, -0.2) is 41.6 Å². The van der Waals surface area contributed by atoms with Crippen LogP contribution in [0.15, 0.2) is 60.7 Å². The Bertz CT molecular complexity index is 794. The molecular formula is C22H24N2O2. The second kappa shape index (κ2) is 6.22. The number of nitrogens with zero attached hydrogens (tertiary/aromatic N) is 2. The molecule has 4 nitrogen and oxygen atoms in total. The number of likely N-dealkylation sites (tertiary alicyclic amines) is 1. The van der Waals surface area contributed by atoms with E-state index >= 15 is 0 Å². The Morgan fingerprint density at radius 2 is 1.69 bits per heavy atom. The largest absolute Gasteiger partial charge is 0.355 e. The van der Waals surface area contributed by atoms with E-state index in [1.54, 1.807) is 0 Å². The summed E-state index contributed by atoms with van der Waals surface area (Å²) in [7, 11) is 0. The fraction of sp³-hybridized carbons (Fsp3) is 0.409. The Morgan fingerprint density at radius 3 is 2.42 bits per heavy atom. The van der Waals surface area contributed by atoms with Crippen molar-refractivity contribution in [2.75, 3.05) is 19.7 Å². The van der Waals surface area contributed by atoms with E-state index in [-0.39, 0.29) is 30.0 Å². The highest BCUT2D eigenvalue weighted by atomic mass is 16.5. The molecule has 0 radical (unpaired) electrons. The number of fused-ring (bicyclic) bond motifs is 3. The van der Waals surface area contributed by atoms with Crippen LogP contribution in [0, 0.1) is 11.8 Å². The van der Waals surface area contributed by atoms with Gasteiger partial charge in [0.1, 0.15) is 6.23 Å². The number of carbonyl (C=O) groups excluding carboxylic acids is 1. The highest BCUT2D eigenvalue weighted by molar-refractivity contribution is 5.83. The fourth-order valence-corrected chi connectivity index (χ4v) is 4.93. The summed E-state index contributed by atoms with van der Waals surface area (Å²) in [4.78, 5) is 17.6. The van der Waals surface area contributed by atoms with Gasteiger partial charge in [0.15, 0.2) is 0 Å². The molecule has 26 heavy (non-hydrogen) atoms. The molecule has 0 spiro atoms. The van der Waals surface area contributed by atoms with Crippen molar-refractivity contribution in [2.24, 2.45) is 11.8 Å². The molecule has 2 aromatic rings. The second-order valence-corrected chi connectivity index (χ2v) is 7.71. The van der Waals surface area contributed by atoms with Gasteiger partial charge in [-0.1, -0.05) is 60.7 Å². The Balaban J connectivity index is 1.35. The van der Waals surface area contributed by atoms with Gasteiger partial charge in [0.2, 0.25) is 5.91 Å². The normalized spacial score (nSPS) is 31.9. The zero-order valence-electron chi connectivity index (χ0n) is 15.0. The predicted molar refractivity (Wildman–Crippen MR) is 99.2 cm³/mol. The molecule has 0 aromatic heterocycles. The maximum absolute atomic E-state index is 13.2. The quantitative estimate of drug-likeness (QED) is 0.854. The fourth-order valence-electron chi connectivity index (χ4n) is 4.93. The molecule has 4 heteroatoms. The van der Waals surface area contributed by atoms with E-state index in [0.717, 1.165) is 13.1 Å². The van der Waals surface area contributed by atoms with Gasteiger partial charge in [-0.3, -0.25) is 9.69 Å². The molecule has 1 amide bonds. The average molecular weight is 348 g/mol. The first-order valence-corrected chi connectivity index (χ1v) is 9.52. The SMILES string of the molecule is C[C@@H](c1ccccc1)N1C[C@@H]2C3OC[C@H](c4ccccc4)N3C(=O)[C@@H]2C1. The van der Waals surface area contributed by atoms with E-state index < -0.39 is 0 Å². The topological polar surface area (TPSA) is 32.8 Å². The van der Waals surface area contributed by atoms with Crippen LogP contribution >= 0.6 is 0 Å². The first kappa shape index (κ1) is 16.0. The van der Waals surface area contributed by atoms with Crippen LogP contribution in [0.2, 0.25) is 0 Å². The van der Waals surface area contributed by atoms with Crippen molar-refractivity contribution in [1.82, 2.24) is 9.80 Å². The minimum atomic E-state index is -0.0642. The molecule has 5 rings (SSSR count). The Morgan fingerprint density at radius 1 is 1.00 bits per heavy atom. The summed E-state index contributed by atoms with van der Waals surface area (Å²) in [6.07, 6.45) is -0.0642. The van der Waals surface area contributed by atoms with Crippen LogP contribution < -0.4 is 0 Å². The highest BCUT2D eigenvalue weighted by Crippen LogP contribution is 2.47. The minimum absolute atomic E-state index is 0.0642. The molecule has 3 aliphatic heterocycles. The maximum atomic E-state index is 13.2. The number of carbonyl (C=O) groups is 1. The van der Waals surface area contributed by atoms with Crippen molar-refractivity contribution in [3.05, 3.63) is 71.8 Å². The molecule has 3 saturated heterocycles. The smallest absolute Gasteiger partial charge is 0.230 e. The number of hydrogen-bond acceptors (Lipinski definition) is 3. The predicted octanol–water partition coefficient (Wildman–Crippen LogP) is 3.24. The third kappa shape index (κ3) is 2.40. The van der Waals surface area contributed by atoms with Crippen LogP contribution in [-0.2, 0) is 9.53 Å². The zero-order valence-corrected chi connectivity index (χ0v) is 15.0. The molecule has 3 heterocycles. The molecule has 2 aromatic carbocycles. The summed E-state index contributed by atoms with van der Waals surface area (Å²) in [6, 6.07) is 21.2. The minimum Gasteiger partial charge on any atom is -0.355 e. The van der Waals surface area contributed by atoms with Crippen molar-refractivity contribution in [3.63, 3.8) is 0 Å². The van der Waals surface area contributed by atoms with Crippen molar-refractivity contribution >= 4 is 5.91 Å². The molecule has 0 saturated carbocycles. The molecule has 3 fully saturated rings. The van der Waals surface area contributed by atoms with Gasteiger partial charge in [-0.25, -0.2) is 0 Å². The van der Waals surface area contributed by atoms with Gasteiger partial charge in [0.25, 0.3) is 0 Å². The van der Waals surface area contributed by atoms with Crippen LogP contribution in [0.1, 0.15) is 30.1 Å². The number of amides is 1. The van der Waals surface area contributed by atoms with Gasteiger partial charge in [-0.2, -0.15) is 0 Å². The Labute approximate surface area is 154 Å².